The lowest BCUT2D eigenvalue weighted by Crippen LogP contribution is -2.38. The van der Waals surface area contributed by atoms with Crippen LogP contribution in [0.25, 0.3) is 0 Å². The fraction of sp³-hybridized carbons (Fsp3) is 0.286. The highest BCUT2D eigenvalue weighted by atomic mass is 35.5. The largest absolute Gasteiger partial charge is 0.331 e. The number of hydrogen-bond acceptors (Lipinski definition) is 3. The van der Waals surface area contributed by atoms with Crippen LogP contribution >= 0.6 is 11.6 Å². The van der Waals surface area contributed by atoms with Crippen LogP contribution in [-0.4, -0.2) is 9.13 Å². The summed E-state index contributed by atoms with van der Waals surface area (Å²) in [5, 5.41) is 8.45. The molecule has 1 rings (SSSR count). The van der Waals surface area contributed by atoms with E-state index in [0.29, 0.717) is 0 Å². The van der Waals surface area contributed by atoms with Crippen molar-refractivity contribution < 1.29 is 0 Å². The zero-order valence-corrected chi connectivity index (χ0v) is 7.79. The van der Waals surface area contributed by atoms with Gasteiger partial charge in [-0.3, -0.25) is 13.9 Å². The van der Waals surface area contributed by atoms with Crippen LogP contribution < -0.4 is 11.2 Å². The number of rotatable bonds is 0. The smallest absolute Gasteiger partial charge is 0.286 e. The van der Waals surface area contributed by atoms with Gasteiger partial charge in [-0.1, -0.05) is 11.6 Å². The summed E-state index contributed by atoms with van der Waals surface area (Å²) in [5.74, 6) is 0. The van der Waals surface area contributed by atoms with Crippen LogP contribution in [0.15, 0.2) is 9.59 Å². The van der Waals surface area contributed by atoms with Crippen LogP contribution in [0.1, 0.15) is 5.56 Å². The molecule has 0 radical (unpaired) electrons. The molecule has 68 valence electrons. The number of nitrogens with zero attached hydrogens (tertiary/aromatic N) is 3. The minimum Gasteiger partial charge on any atom is -0.286 e. The summed E-state index contributed by atoms with van der Waals surface area (Å²) in [6.45, 7) is 0. The highest BCUT2D eigenvalue weighted by molar-refractivity contribution is 6.30. The van der Waals surface area contributed by atoms with Gasteiger partial charge in [-0.2, -0.15) is 5.26 Å². The van der Waals surface area contributed by atoms with Crippen molar-refractivity contribution in [3.63, 3.8) is 0 Å². The highest BCUT2D eigenvalue weighted by Crippen LogP contribution is 2.05. The van der Waals surface area contributed by atoms with Gasteiger partial charge in [0.05, 0.1) is 0 Å². The molecule has 1 aromatic rings. The molecule has 0 aromatic carbocycles. The van der Waals surface area contributed by atoms with Crippen LogP contribution in [0.2, 0.25) is 5.15 Å². The molecule has 0 saturated carbocycles. The molecule has 5 nitrogen and oxygen atoms in total. The van der Waals surface area contributed by atoms with Crippen LogP contribution in [-0.2, 0) is 14.1 Å². The van der Waals surface area contributed by atoms with E-state index < -0.39 is 11.2 Å². The Kier molecular flexibility index (Phi) is 2.26. The SMILES string of the molecule is Cn1c(Cl)c(C#N)c(=O)n(C)c1=O. The summed E-state index contributed by atoms with van der Waals surface area (Å²) in [5.41, 5.74) is -1.43. The molecule has 1 aromatic heterocycles. The van der Waals surface area contributed by atoms with E-state index in [2.05, 4.69) is 0 Å². The fourth-order valence-corrected chi connectivity index (χ4v) is 1.11. The van der Waals surface area contributed by atoms with Gasteiger partial charge in [0.25, 0.3) is 5.56 Å². The normalized spacial score (nSPS) is 9.69. The van der Waals surface area contributed by atoms with E-state index in [1.165, 1.54) is 14.1 Å². The van der Waals surface area contributed by atoms with E-state index >= 15 is 0 Å². The summed E-state index contributed by atoms with van der Waals surface area (Å²) in [6.07, 6.45) is 0. The molecule has 1 heterocycles. The van der Waals surface area contributed by atoms with Gasteiger partial charge in [0.1, 0.15) is 11.2 Å². The van der Waals surface area contributed by atoms with E-state index in [1.54, 1.807) is 6.07 Å². The van der Waals surface area contributed by atoms with Crippen LogP contribution in [0.3, 0.4) is 0 Å². The molecular weight excluding hydrogens is 194 g/mol. The Morgan fingerprint density at radius 3 is 2.31 bits per heavy atom. The number of nitriles is 1. The lowest BCUT2D eigenvalue weighted by molar-refractivity contribution is 0.683. The molecule has 13 heavy (non-hydrogen) atoms. The fourth-order valence-electron chi connectivity index (χ4n) is 0.913. The molecule has 0 spiro atoms. The van der Waals surface area contributed by atoms with Gasteiger partial charge in [-0.15, -0.1) is 0 Å². The minimum atomic E-state index is -0.671. The van der Waals surface area contributed by atoms with Gasteiger partial charge in [0, 0.05) is 14.1 Å². The lowest BCUT2D eigenvalue weighted by Gasteiger charge is -2.04. The molecule has 0 bridgehead atoms. The Balaban J connectivity index is 3.92. The summed E-state index contributed by atoms with van der Waals surface area (Å²) in [4.78, 5) is 22.4. The van der Waals surface area contributed by atoms with Gasteiger partial charge in [0.2, 0.25) is 0 Å². The predicted octanol–water partition coefficient (Wildman–Crippen LogP) is -0.391. The summed E-state index contributed by atoms with van der Waals surface area (Å²) >= 11 is 5.60. The van der Waals surface area contributed by atoms with E-state index in [9.17, 15) is 9.59 Å². The maximum Gasteiger partial charge on any atom is 0.331 e. The van der Waals surface area contributed by atoms with E-state index in [4.69, 9.17) is 16.9 Å². The van der Waals surface area contributed by atoms with Crippen molar-refractivity contribution in [1.29, 1.82) is 5.26 Å². The topological polar surface area (TPSA) is 67.8 Å². The Hall–Kier alpha value is -1.54. The molecule has 0 N–H and O–H groups in total. The van der Waals surface area contributed by atoms with Gasteiger partial charge in [-0.05, 0) is 0 Å². The molecule has 0 amide bonds. The molecule has 0 aliphatic heterocycles. The molecule has 0 aliphatic rings. The first-order chi connectivity index (χ1) is 6.00. The Morgan fingerprint density at radius 2 is 1.85 bits per heavy atom. The van der Waals surface area contributed by atoms with E-state index in [1.807, 2.05) is 0 Å². The molecule has 0 saturated heterocycles. The standard InChI is InChI=1S/C7H6ClN3O2/c1-10-5(8)4(3-9)6(12)11(2)7(10)13/h1-2H3. The van der Waals surface area contributed by atoms with Gasteiger partial charge < -0.3 is 0 Å². The Morgan fingerprint density at radius 1 is 1.31 bits per heavy atom. The number of halogens is 1. The quantitative estimate of drug-likeness (QED) is 0.535. The first kappa shape index (κ1) is 9.55. The van der Waals surface area contributed by atoms with Crippen LogP contribution in [0, 0.1) is 11.3 Å². The zero-order valence-electron chi connectivity index (χ0n) is 7.04. The second-order valence-corrected chi connectivity index (χ2v) is 2.84. The van der Waals surface area contributed by atoms with Crippen molar-refractivity contribution in [3.8, 4) is 6.07 Å². The van der Waals surface area contributed by atoms with Crippen molar-refractivity contribution in [2.45, 2.75) is 0 Å². The molecule has 6 heteroatoms. The second-order valence-electron chi connectivity index (χ2n) is 2.48. The summed E-state index contributed by atoms with van der Waals surface area (Å²) in [7, 11) is 2.69. The maximum absolute atomic E-state index is 11.2. The van der Waals surface area contributed by atoms with Crippen molar-refractivity contribution in [3.05, 3.63) is 31.6 Å². The zero-order chi connectivity index (χ0) is 10.2. The van der Waals surface area contributed by atoms with Crippen molar-refractivity contribution in [2.75, 3.05) is 0 Å². The Labute approximate surface area is 78.4 Å². The molecular formula is C7H6ClN3O2. The minimum absolute atomic E-state index is 0.129. The Bertz CT molecular complexity index is 506. The predicted molar refractivity (Wildman–Crippen MR) is 46.6 cm³/mol. The summed E-state index contributed by atoms with van der Waals surface area (Å²) in [6, 6.07) is 1.65. The summed E-state index contributed by atoms with van der Waals surface area (Å²) < 4.78 is 1.88. The monoisotopic (exact) mass is 199 g/mol. The van der Waals surface area contributed by atoms with Crippen molar-refractivity contribution >= 4 is 11.6 Å². The molecule has 0 unspecified atom stereocenters. The molecule has 0 atom stereocenters. The highest BCUT2D eigenvalue weighted by Gasteiger charge is 2.12. The third-order valence-electron chi connectivity index (χ3n) is 1.70. The van der Waals surface area contributed by atoms with Crippen LogP contribution in [0.5, 0.6) is 0 Å². The third-order valence-corrected chi connectivity index (χ3v) is 2.15. The first-order valence-corrected chi connectivity index (χ1v) is 3.74. The number of aromatic nitrogens is 2. The second kappa shape index (κ2) is 3.07. The maximum atomic E-state index is 11.2. The van der Waals surface area contributed by atoms with E-state index in [0.717, 1.165) is 9.13 Å². The van der Waals surface area contributed by atoms with Crippen LogP contribution in [0.4, 0.5) is 0 Å². The van der Waals surface area contributed by atoms with Gasteiger partial charge in [0.15, 0.2) is 5.56 Å². The average molecular weight is 200 g/mol. The van der Waals surface area contributed by atoms with Crippen molar-refractivity contribution in [1.82, 2.24) is 9.13 Å². The lowest BCUT2D eigenvalue weighted by atomic mass is 10.3. The number of hydrogen-bond donors (Lipinski definition) is 0. The van der Waals surface area contributed by atoms with E-state index in [-0.39, 0.29) is 10.7 Å². The van der Waals surface area contributed by atoms with Crippen molar-refractivity contribution in [2.24, 2.45) is 14.1 Å². The van der Waals surface area contributed by atoms with Gasteiger partial charge in [-0.25, -0.2) is 4.79 Å². The molecule has 0 fully saturated rings. The third kappa shape index (κ3) is 1.25. The first-order valence-electron chi connectivity index (χ1n) is 3.36. The average Bonchev–Trinajstić information content (AvgIpc) is 2.13. The van der Waals surface area contributed by atoms with Gasteiger partial charge >= 0.3 is 5.69 Å². The molecule has 0 aliphatic carbocycles.